The third-order valence-electron chi connectivity index (χ3n) is 4.91. The Morgan fingerprint density at radius 2 is 1.78 bits per heavy atom. The molecule has 136 valence electrons. The number of oxazole rings is 1. The lowest BCUT2D eigenvalue weighted by Crippen LogP contribution is -2.30. The minimum atomic E-state index is 0.671. The van der Waals surface area contributed by atoms with Crippen molar-refractivity contribution < 1.29 is 4.42 Å². The van der Waals surface area contributed by atoms with Crippen molar-refractivity contribution in [3.63, 3.8) is 0 Å². The van der Waals surface area contributed by atoms with E-state index < -0.39 is 0 Å². The maximum Gasteiger partial charge on any atom is 0.226 e. The van der Waals surface area contributed by atoms with E-state index in [1.54, 1.807) is 6.26 Å². The Kier molecular flexibility index (Phi) is 5.17. The van der Waals surface area contributed by atoms with Crippen LogP contribution in [0.15, 0.2) is 65.3 Å². The van der Waals surface area contributed by atoms with Crippen molar-refractivity contribution in [3.05, 3.63) is 72.1 Å². The zero-order valence-electron chi connectivity index (χ0n) is 15.2. The van der Waals surface area contributed by atoms with Crippen LogP contribution in [0.1, 0.15) is 17.7 Å². The fraction of sp³-hybridized carbons (Fsp3) is 0.273. The summed E-state index contributed by atoms with van der Waals surface area (Å²) in [5.41, 5.74) is 3.74. The number of aromatic nitrogens is 1. The van der Waals surface area contributed by atoms with Gasteiger partial charge in [-0.25, -0.2) is 4.98 Å². The number of anilines is 1. The van der Waals surface area contributed by atoms with Crippen LogP contribution in [0.2, 0.25) is 0 Å². The van der Waals surface area contributed by atoms with Gasteiger partial charge in [0.2, 0.25) is 5.89 Å². The van der Waals surface area contributed by atoms with Gasteiger partial charge < -0.3 is 9.32 Å². The second kappa shape index (κ2) is 8.07. The largest absolute Gasteiger partial charge is 0.444 e. The molecule has 0 unspecified atom stereocenters. The molecule has 0 atom stereocenters. The quantitative estimate of drug-likeness (QED) is 0.707. The molecule has 0 bridgehead atoms. The lowest BCUT2D eigenvalue weighted by molar-refractivity contribution is 0.282. The molecule has 0 aliphatic carbocycles. The summed E-state index contributed by atoms with van der Waals surface area (Å²) in [6.07, 6.45) is 2.82. The summed E-state index contributed by atoms with van der Waals surface area (Å²) in [5, 5.41) is 9.36. The first-order valence-electron chi connectivity index (χ1n) is 9.30. The van der Waals surface area contributed by atoms with E-state index in [-0.39, 0.29) is 0 Å². The zero-order valence-corrected chi connectivity index (χ0v) is 15.2. The molecule has 5 heteroatoms. The summed E-state index contributed by atoms with van der Waals surface area (Å²) in [4.78, 5) is 9.37. The number of benzene rings is 2. The van der Waals surface area contributed by atoms with Gasteiger partial charge in [-0.3, -0.25) is 4.90 Å². The molecule has 0 saturated carbocycles. The van der Waals surface area contributed by atoms with E-state index in [0.29, 0.717) is 5.89 Å². The third kappa shape index (κ3) is 4.02. The first kappa shape index (κ1) is 17.3. The molecule has 1 aliphatic rings. The first-order valence-corrected chi connectivity index (χ1v) is 9.30. The molecule has 27 heavy (non-hydrogen) atoms. The second-order valence-electron chi connectivity index (χ2n) is 6.76. The van der Waals surface area contributed by atoms with Crippen molar-refractivity contribution >= 4 is 5.69 Å². The van der Waals surface area contributed by atoms with Gasteiger partial charge in [-0.2, -0.15) is 5.26 Å². The van der Waals surface area contributed by atoms with Crippen LogP contribution < -0.4 is 4.90 Å². The smallest absolute Gasteiger partial charge is 0.226 e. The number of hydrogen-bond donors (Lipinski definition) is 0. The molecular formula is C22H22N4O. The monoisotopic (exact) mass is 358 g/mol. The Hall–Kier alpha value is -3.10. The molecule has 1 saturated heterocycles. The standard InChI is InChI=1S/C22H22N4O/c23-15-19-9-4-5-10-21(19)26-12-6-11-25(13-14-26)16-20-17-27-22(24-20)18-7-2-1-3-8-18/h1-5,7-10,17H,6,11-14,16H2. The topological polar surface area (TPSA) is 56.3 Å². The van der Waals surface area contributed by atoms with Crippen molar-refractivity contribution in [2.75, 3.05) is 31.1 Å². The molecular weight excluding hydrogens is 336 g/mol. The molecule has 0 N–H and O–H groups in total. The van der Waals surface area contributed by atoms with E-state index in [2.05, 4.69) is 20.9 Å². The normalized spacial score (nSPS) is 15.3. The summed E-state index contributed by atoms with van der Waals surface area (Å²) in [5.74, 6) is 0.671. The predicted molar refractivity (Wildman–Crippen MR) is 105 cm³/mol. The van der Waals surface area contributed by atoms with Crippen LogP contribution in [0, 0.1) is 11.3 Å². The van der Waals surface area contributed by atoms with Crippen molar-refractivity contribution in [1.82, 2.24) is 9.88 Å². The molecule has 2 aromatic carbocycles. The number of para-hydroxylation sites is 1. The van der Waals surface area contributed by atoms with Crippen LogP contribution >= 0.6 is 0 Å². The van der Waals surface area contributed by atoms with E-state index in [0.717, 1.165) is 61.7 Å². The van der Waals surface area contributed by atoms with Crippen LogP contribution in [0.5, 0.6) is 0 Å². The molecule has 2 heterocycles. The number of nitriles is 1. The van der Waals surface area contributed by atoms with E-state index in [4.69, 9.17) is 4.42 Å². The highest BCUT2D eigenvalue weighted by molar-refractivity contribution is 5.59. The van der Waals surface area contributed by atoms with Crippen LogP contribution in [0.25, 0.3) is 11.5 Å². The maximum atomic E-state index is 9.36. The Labute approximate surface area is 159 Å². The lowest BCUT2D eigenvalue weighted by atomic mass is 10.1. The summed E-state index contributed by atoms with van der Waals surface area (Å²) in [6.45, 7) is 4.60. The Balaban J connectivity index is 1.41. The minimum Gasteiger partial charge on any atom is -0.444 e. The van der Waals surface area contributed by atoms with Gasteiger partial charge >= 0.3 is 0 Å². The average Bonchev–Trinajstić information content (AvgIpc) is 3.07. The highest BCUT2D eigenvalue weighted by Crippen LogP contribution is 2.22. The van der Waals surface area contributed by atoms with Crippen LogP contribution in [0.4, 0.5) is 5.69 Å². The summed E-state index contributed by atoms with van der Waals surface area (Å²) >= 11 is 0. The Morgan fingerprint density at radius 1 is 0.963 bits per heavy atom. The van der Waals surface area contributed by atoms with E-state index in [1.807, 2.05) is 54.6 Å². The second-order valence-corrected chi connectivity index (χ2v) is 6.76. The van der Waals surface area contributed by atoms with Gasteiger partial charge in [-0.1, -0.05) is 30.3 Å². The molecule has 1 aliphatic heterocycles. The molecule has 0 radical (unpaired) electrons. The van der Waals surface area contributed by atoms with Gasteiger partial charge in [0.25, 0.3) is 0 Å². The highest BCUT2D eigenvalue weighted by atomic mass is 16.3. The molecule has 3 aromatic rings. The molecule has 1 fully saturated rings. The van der Waals surface area contributed by atoms with E-state index in [9.17, 15) is 5.26 Å². The van der Waals surface area contributed by atoms with E-state index >= 15 is 0 Å². The molecule has 0 amide bonds. The van der Waals surface area contributed by atoms with Crippen LogP contribution in [-0.4, -0.2) is 36.1 Å². The van der Waals surface area contributed by atoms with Gasteiger partial charge in [0, 0.05) is 38.3 Å². The highest BCUT2D eigenvalue weighted by Gasteiger charge is 2.18. The van der Waals surface area contributed by atoms with Crippen LogP contribution in [-0.2, 0) is 6.54 Å². The lowest BCUT2D eigenvalue weighted by Gasteiger charge is -2.24. The minimum absolute atomic E-state index is 0.671. The van der Waals surface area contributed by atoms with Gasteiger partial charge in [0.1, 0.15) is 12.3 Å². The van der Waals surface area contributed by atoms with Crippen molar-refractivity contribution in [3.8, 4) is 17.5 Å². The van der Waals surface area contributed by atoms with Crippen LogP contribution in [0.3, 0.4) is 0 Å². The average molecular weight is 358 g/mol. The first-order chi connectivity index (χ1) is 13.3. The number of rotatable bonds is 4. The maximum absolute atomic E-state index is 9.36. The number of nitrogens with zero attached hydrogens (tertiary/aromatic N) is 4. The Bertz CT molecular complexity index is 929. The molecule has 5 nitrogen and oxygen atoms in total. The zero-order chi connectivity index (χ0) is 18.5. The van der Waals surface area contributed by atoms with Gasteiger partial charge in [0.15, 0.2) is 0 Å². The SMILES string of the molecule is N#Cc1ccccc1N1CCCN(Cc2coc(-c3ccccc3)n2)CC1. The van der Waals surface area contributed by atoms with E-state index in [1.165, 1.54) is 0 Å². The van der Waals surface area contributed by atoms with Gasteiger partial charge in [-0.05, 0) is 30.7 Å². The van der Waals surface area contributed by atoms with Crippen molar-refractivity contribution in [2.45, 2.75) is 13.0 Å². The summed E-state index contributed by atoms with van der Waals surface area (Å²) in [6, 6.07) is 20.1. The van der Waals surface area contributed by atoms with Gasteiger partial charge in [-0.15, -0.1) is 0 Å². The predicted octanol–water partition coefficient (Wildman–Crippen LogP) is 3.93. The van der Waals surface area contributed by atoms with Gasteiger partial charge in [0.05, 0.1) is 16.9 Å². The number of hydrogen-bond acceptors (Lipinski definition) is 5. The summed E-state index contributed by atoms with van der Waals surface area (Å²) in [7, 11) is 0. The van der Waals surface area contributed by atoms with Crippen molar-refractivity contribution in [1.29, 1.82) is 5.26 Å². The fourth-order valence-electron chi connectivity index (χ4n) is 3.54. The van der Waals surface area contributed by atoms with Crippen molar-refractivity contribution in [2.24, 2.45) is 0 Å². The summed E-state index contributed by atoms with van der Waals surface area (Å²) < 4.78 is 5.66. The molecule has 1 aromatic heterocycles. The molecule has 0 spiro atoms. The Morgan fingerprint density at radius 3 is 2.63 bits per heavy atom. The third-order valence-corrected chi connectivity index (χ3v) is 4.91. The molecule has 4 rings (SSSR count). The fourth-order valence-corrected chi connectivity index (χ4v) is 3.54.